The van der Waals surface area contributed by atoms with Gasteiger partial charge < -0.3 is 5.32 Å². The Hall–Kier alpha value is -1.41. The monoisotopic (exact) mass is 257 g/mol. The lowest BCUT2D eigenvalue weighted by molar-refractivity contribution is 0.787. The molecular formula is C16H19NS. The Morgan fingerprint density at radius 1 is 0.889 bits per heavy atom. The molecule has 0 aliphatic rings. The van der Waals surface area contributed by atoms with Gasteiger partial charge in [0.1, 0.15) is 0 Å². The third-order valence-electron chi connectivity index (χ3n) is 2.89. The van der Waals surface area contributed by atoms with Gasteiger partial charge in [-0.15, -0.1) is 0 Å². The van der Waals surface area contributed by atoms with Crippen molar-refractivity contribution in [1.29, 1.82) is 0 Å². The molecule has 2 aromatic rings. The molecule has 0 bridgehead atoms. The minimum atomic E-state index is 0.406. The summed E-state index contributed by atoms with van der Waals surface area (Å²) in [7, 11) is 0. The Labute approximate surface area is 115 Å². The maximum absolute atomic E-state index is 4.65. The van der Waals surface area contributed by atoms with Gasteiger partial charge >= 0.3 is 0 Å². The van der Waals surface area contributed by atoms with Crippen LogP contribution in [0.25, 0.3) is 0 Å². The van der Waals surface area contributed by atoms with Crippen molar-refractivity contribution in [3.8, 4) is 0 Å². The van der Waals surface area contributed by atoms with E-state index in [-0.39, 0.29) is 0 Å². The molecule has 0 fully saturated rings. The lowest BCUT2D eigenvalue weighted by Gasteiger charge is -2.12. The van der Waals surface area contributed by atoms with Gasteiger partial charge in [-0.25, -0.2) is 0 Å². The van der Waals surface area contributed by atoms with E-state index in [1.807, 2.05) is 24.3 Å². The van der Waals surface area contributed by atoms with E-state index in [0.29, 0.717) is 5.25 Å². The smallest absolute Gasteiger partial charge is 0.0340 e. The van der Waals surface area contributed by atoms with Crippen LogP contribution in [0.2, 0.25) is 0 Å². The van der Waals surface area contributed by atoms with Crippen molar-refractivity contribution < 1.29 is 0 Å². The van der Waals surface area contributed by atoms with E-state index in [4.69, 9.17) is 0 Å². The van der Waals surface area contributed by atoms with Crippen molar-refractivity contribution in [3.63, 3.8) is 0 Å². The van der Waals surface area contributed by atoms with E-state index in [1.165, 1.54) is 11.3 Å². The quantitative estimate of drug-likeness (QED) is 0.745. The standard InChI is InChI=1S/C16H19NS/c18-16(13-14-7-3-1-4-8-14)11-12-17-15-9-5-2-6-10-15/h1-10,16-18H,11-13H2. The Kier molecular flexibility index (Phi) is 5.15. The van der Waals surface area contributed by atoms with Crippen LogP contribution >= 0.6 is 12.6 Å². The molecule has 0 heterocycles. The molecule has 0 aliphatic heterocycles. The van der Waals surface area contributed by atoms with Crippen LogP contribution in [0.3, 0.4) is 0 Å². The molecule has 2 rings (SSSR count). The number of para-hydroxylation sites is 1. The second-order valence-electron chi connectivity index (χ2n) is 4.43. The number of nitrogens with one attached hydrogen (secondary N) is 1. The molecule has 0 radical (unpaired) electrons. The molecule has 0 aliphatic carbocycles. The van der Waals surface area contributed by atoms with Gasteiger partial charge in [0.25, 0.3) is 0 Å². The predicted molar refractivity (Wildman–Crippen MR) is 82.5 cm³/mol. The summed E-state index contributed by atoms with van der Waals surface area (Å²) >= 11 is 4.65. The Balaban J connectivity index is 1.71. The summed E-state index contributed by atoms with van der Waals surface area (Å²) in [6.45, 7) is 0.963. The first-order chi connectivity index (χ1) is 8.84. The summed E-state index contributed by atoms with van der Waals surface area (Å²) in [5.41, 5.74) is 2.54. The average Bonchev–Trinajstić information content (AvgIpc) is 2.41. The zero-order valence-electron chi connectivity index (χ0n) is 10.4. The first-order valence-corrected chi connectivity index (χ1v) is 6.87. The Morgan fingerprint density at radius 2 is 1.50 bits per heavy atom. The van der Waals surface area contributed by atoms with Crippen molar-refractivity contribution in [2.75, 3.05) is 11.9 Å². The van der Waals surface area contributed by atoms with E-state index < -0.39 is 0 Å². The summed E-state index contributed by atoms with van der Waals surface area (Å²) < 4.78 is 0. The second-order valence-corrected chi connectivity index (χ2v) is 5.16. The zero-order valence-corrected chi connectivity index (χ0v) is 11.3. The molecule has 1 nitrogen and oxygen atoms in total. The fourth-order valence-electron chi connectivity index (χ4n) is 1.93. The summed E-state index contributed by atoms with van der Waals surface area (Å²) in [5.74, 6) is 0. The third-order valence-corrected chi connectivity index (χ3v) is 3.34. The minimum Gasteiger partial charge on any atom is -0.385 e. The van der Waals surface area contributed by atoms with E-state index in [2.05, 4.69) is 54.3 Å². The number of thiol groups is 1. The number of hydrogen-bond donors (Lipinski definition) is 2. The fraction of sp³-hybridized carbons (Fsp3) is 0.250. The topological polar surface area (TPSA) is 12.0 Å². The van der Waals surface area contributed by atoms with Crippen LogP contribution in [0.5, 0.6) is 0 Å². The Bertz CT molecular complexity index is 441. The van der Waals surface area contributed by atoms with Crippen LogP contribution in [0, 0.1) is 0 Å². The molecular weight excluding hydrogens is 238 g/mol. The molecule has 0 saturated heterocycles. The van der Waals surface area contributed by atoms with Gasteiger partial charge in [0, 0.05) is 17.5 Å². The highest BCUT2D eigenvalue weighted by Crippen LogP contribution is 2.12. The SMILES string of the molecule is SC(CCNc1ccccc1)Cc1ccccc1. The van der Waals surface area contributed by atoms with Crippen LogP contribution < -0.4 is 5.32 Å². The number of anilines is 1. The van der Waals surface area contributed by atoms with Crippen LogP contribution in [0.1, 0.15) is 12.0 Å². The first-order valence-electron chi connectivity index (χ1n) is 6.35. The van der Waals surface area contributed by atoms with Crippen molar-refractivity contribution in [3.05, 3.63) is 66.2 Å². The third kappa shape index (κ3) is 4.46. The molecule has 0 aromatic heterocycles. The molecule has 0 spiro atoms. The van der Waals surface area contributed by atoms with Gasteiger partial charge in [-0.2, -0.15) is 12.6 Å². The first kappa shape index (κ1) is 13.0. The largest absolute Gasteiger partial charge is 0.385 e. The summed E-state index contributed by atoms with van der Waals surface area (Å²) in [4.78, 5) is 0. The maximum Gasteiger partial charge on any atom is 0.0340 e. The summed E-state index contributed by atoms with van der Waals surface area (Å²) in [6, 6.07) is 20.8. The van der Waals surface area contributed by atoms with Crippen LogP contribution in [0.15, 0.2) is 60.7 Å². The number of rotatable bonds is 6. The number of hydrogen-bond acceptors (Lipinski definition) is 2. The van der Waals surface area contributed by atoms with Gasteiger partial charge in [-0.1, -0.05) is 48.5 Å². The second kappa shape index (κ2) is 7.12. The van der Waals surface area contributed by atoms with Crippen molar-refractivity contribution >= 4 is 18.3 Å². The average molecular weight is 257 g/mol. The predicted octanol–water partition coefficient (Wildman–Crippen LogP) is 4.03. The van der Waals surface area contributed by atoms with Crippen molar-refractivity contribution in [2.45, 2.75) is 18.1 Å². The highest BCUT2D eigenvalue weighted by Gasteiger charge is 2.03. The lowest BCUT2D eigenvalue weighted by atomic mass is 10.1. The van der Waals surface area contributed by atoms with E-state index in [0.717, 1.165) is 19.4 Å². The Morgan fingerprint density at radius 3 is 2.17 bits per heavy atom. The molecule has 18 heavy (non-hydrogen) atoms. The highest BCUT2D eigenvalue weighted by atomic mass is 32.1. The van der Waals surface area contributed by atoms with Crippen LogP contribution in [-0.4, -0.2) is 11.8 Å². The van der Waals surface area contributed by atoms with Gasteiger partial charge in [-0.3, -0.25) is 0 Å². The molecule has 1 atom stereocenters. The van der Waals surface area contributed by atoms with Crippen LogP contribution in [0.4, 0.5) is 5.69 Å². The minimum absolute atomic E-state index is 0.406. The van der Waals surface area contributed by atoms with E-state index >= 15 is 0 Å². The zero-order chi connectivity index (χ0) is 12.6. The maximum atomic E-state index is 4.65. The van der Waals surface area contributed by atoms with Gasteiger partial charge in [0.15, 0.2) is 0 Å². The van der Waals surface area contributed by atoms with Crippen LogP contribution in [-0.2, 0) is 6.42 Å². The van der Waals surface area contributed by atoms with Gasteiger partial charge in [0.2, 0.25) is 0 Å². The fourth-order valence-corrected chi connectivity index (χ4v) is 2.27. The van der Waals surface area contributed by atoms with Crippen molar-refractivity contribution in [2.24, 2.45) is 0 Å². The van der Waals surface area contributed by atoms with Gasteiger partial charge in [-0.05, 0) is 30.5 Å². The summed E-state index contributed by atoms with van der Waals surface area (Å²) in [6.07, 6.45) is 2.09. The molecule has 2 heteroatoms. The van der Waals surface area contributed by atoms with E-state index in [1.54, 1.807) is 0 Å². The normalized spacial score (nSPS) is 12.1. The van der Waals surface area contributed by atoms with Gasteiger partial charge in [0.05, 0.1) is 0 Å². The molecule has 2 aromatic carbocycles. The summed E-state index contributed by atoms with van der Waals surface area (Å²) in [5, 5.41) is 3.82. The number of benzene rings is 2. The van der Waals surface area contributed by atoms with E-state index in [9.17, 15) is 0 Å². The highest BCUT2D eigenvalue weighted by molar-refractivity contribution is 7.80. The molecule has 94 valence electrons. The molecule has 0 amide bonds. The van der Waals surface area contributed by atoms with Crippen molar-refractivity contribution in [1.82, 2.24) is 0 Å². The molecule has 0 saturated carbocycles. The molecule has 1 unspecified atom stereocenters. The lowest BCUT2D eigenvalue weighted by Crippen LogP contribution is -2.11. The molecule has 1 N–H and O–H groups in total.